The highest BCUT2D eigenvalue weighted by atomic mass is 35.5. The molecule has 1 aromatic heterocycles. The molecule has 0 saturated carbocycles. The normalized spacial score (nSPS) is 14.5. The molecule has 160 valence electrons. The molecule has 1 aliphatic rings. The second-order valence-corrected chi connectivity index (χ2v) is 8.27. The summed E-state index contributed by atoms with van der Waals surface area (Å²) in [7, 11) is 0. The lowest BCUT2D eigenvalue weighted by Gasteiger charge is -2.19. The fourth-order valence-electron chi connectivity index (χ4n) is 3.93. The summed E-state index contributed by atoms with van der Waals surface area (Å²) in [5.41, 5.74) is 2.99. The third kappa shape index (κ3) is 5.14. The Morgan fingerprint density at radius 3 is 2.68 bits per heavy atom. The molecule has 1 atom stereocenters. The zero-order valence-electron chi connectivity index (χ0n) is 17.4. The average Bonchev–Trinajstić information content (AvgIpc) is 3.28. The molecule has 0 spiro atoms. The molecular weight excluding hydrogens is 412 g/mol. The van der Waals surface area contributed by atoms with Gasteiger partial charge in [-0.05, 0) is 50.1 Å². The summed E-state index contributed by atoms with van der Waals surface area (Å²) in [6.45, 7) is 3.91. The Labute approximate surface area is 186 Å². The smallest absolute Gasteiger partial charge is 0.252 e. The van der Waals surface area contributed by atoms with E-state index in [4.69, 9.17) is 11.6 Å². The van der Waals surface area contributed by atoms with Gasteiger partial charge in [-0.15, -0.1) is 0 Å². The second kappa shape index (κ2) is 9.35. The van der Waals surface area contributed by atoms with E-state index in [0.29, 0.717) is 11.1 Å². The van der Waals surface area contributed by atoms with Crippen LogP contribution in [-0.4, -0.2) is 35.9 Å². The van der Waals surface area contributed by atoms with Gasteiger partial charge in [0.05, 0.1) is 11.1 Å². The van der Waals surface area contributed by atoms with E-state index in [-0.39, 0.29) is 29.4 Å². The minimum atomic E-state index is -0.347. The van der Waals surface area contributed by atoms with Crippen molar-refractivity contribution in [1.82, 2.24) is 10.3 Å². The first-order valence-electron chi connectivity index (χ1n) is 10.5. The van der Waals surface area contributed by atoms with Gasteiger partial charge in [0, 0.05) is 42.3 Å². The molecule has 0 radical (unpaired) electrons. The Morgan fingerprint density at radius 1 is 1.10 bits per heavy atom. The second-order valence-electron chi connectivity index (χ2n) is 7.88. The number of halogens is 1. The molecule has 0 bridgehead atoms. The number of rotatable bonds is 6. The van der Waals surface area contributed by atoms with Crippen molar-refractivity contribution < 1.29 is 9.59 Å². The average molecular weight is 437 g/mol. The minimum Gasteiger partial charge on any atom is -0.371 e. The molecule has 1 saturated heterocycles. The molecule has 2 N–H and O–H groups in total. The van der Waals surface area contributed by atoms with Gasteiger partial charge in [0.25, 0.3) is 5.91 Å². The standard InChI is InChI=1S/C24H25ClN4O2/c1-16(26-24(31)20-15-22(25)28-21-10-3-2-9-19(20)21)13-23(30)27-17-7-6-8-18(14-17)29-11-4-5-12-29/h2-3,6-10,14-16H,4-5,11-13H2,1H3,(H,26,31)(H,27,30). The Bertz CT molecular complexity index is 1110. The molecule has 6 nitrogen and oxygen atoms in total. The van der Waals surface area contributed by atoms with Crippen LogP contribution in [0.15, 0.2) is 54.6 Å². The molecule has 4 rings (SSSR count). The molecule has 1 fully saturated rings. The number of nitrogens with zero attached hydrogens (tertiary/aromatic N) is 2. The van der Waals surface area contributed by atoms with Crippen LogP contribution in [0.4, 0.5) is 11.4 Å². The number of anilines is 2. The number of hydrogen-bond acceptors (Lipinski definition) is 4. The number of carbonyl (C=O) groups excluding carboxylic acids is 2. The number of para-hydroxylation sites is 1. The number of fused-ring (bicyclic) bond motifs is 1. The third-order valence-corrected chi connectivity index (χ3v) is 5.59. The van der Waals surface area contributed by atoms with Crippen molar-refractivity contribution in [2.45, 2.75) is 32.2 Å². The maximum absolute atomic E-state index is 12.8. The number of nitrogens with one attached hydrogen (secondary N) is 2. The summed E-state index contributed by atoms with van der Waals surface area (Å²) >= 11 is 6.08. The Balaban J connectivity index is 1.38. The number of pyridine rings is 1. The molecule has 2 amide bonds. The van der Waals surface area contributed by atoms with Crippen LogP contribution >= 0.6 is 11.6 Å². The van der Waals surface area contributed by atoms with Gasteiger partial charge in [0.15, 0.2) is 0 Å². The minimum absolute atomic E-state index is 0.149. The first-order valence-corrected chi connectivity index (χ1v) is 10.9. The predicted octanol–water partition coefficient (Wildman–Crippen LogP) is 4.64. The number of carbonyl (C=O) groups is 2. The van der Waals surface area contributed by atoms with E-state index < -0.39 is 0 Å². The van der Waals surface area contributed by atoms with Gasteiger partial charge in [-0.2, -0.15) is 0 Å². The Kier molecular flexibility index (Phi) is 6.37. The van der Waals surface area contributed by atoms with Crippen molar-refractivity contribution in [3.8, 4) is 0 Å². The predicted molar refractivity (Wildman–Crippen MR) is 125 cm³/mol. The summed E-state index contributed by atoms with van der Waals surface area (Å²) in [6, 6.07) is 16.4. The van der Waals surface area contributed by atoms with E-state index in [1.807, 2.05) is 49.4 Å². The van der Waals surface area contributed by atoms with Gasteiger partial charge in [-0.3, -0.25) is 9.59 Å². The van der Waals surface area contributed by atoms with Gasteiger partial charge >= 0.3 is 0 Å². The molecule has 7 heteroatoms. The largest absolute Gasteiger partial charge is 0.371 e. The molecule has 2 heterocycles. The number of aromatic nitrogens is 1. The number of hydrogen-bond donors (Lipinski definition) is 2. The summed E-state index contributed by atoms with van der Waals surface area (Å²) in [5, 5.41) is 6.81. The highest BCUT2D eigenvalue weighted by molar-refractivity contribution is 6.30. The summed E-state index contributed by atoms with van der Waals surface area (Å²) in [5.74, 6) is -0.430. The molecule has 1 aliphatic heterocycles. The molecule has 2 aromatic carbocycles. The summed E-state index contributed by atoms with van der Waals surface area (Å²) in [4.78, 5) is 31.9. The molecular formula is C24H25ClN4O2. The van der Waals surface area contributed by atoms with Crippen LogP contribution in [-0.2, 0) is 4.79 Å². The summed E-state index contributed by atoms with van der Waals surface area (Å²) < 4.78 is 0. The lowest BCUT2D eigenvalue weighted by Crippen LogP contribution is -2.35. The van der Waals surface area contributed by atoms with Crippen molar-refractivity contribution >= 4 is 45.7 Å². The SMILES string of the molecule is CC(CC(=O)Nc1cccc(N2CCCC2)c1)NC(=O)c1cc(Cl)nc2ccccc12. The molecule has 31 heavy (non-hydrogen) atoms. The van der Waals surface area contributed by atoms with Crippen molar-refractivity contribution in [2.24, 2.45) is 0 Å². The van der Waals surface area contributed by atoms with Crippen molar-refractivity contribution in [1.29, 1.82) is 0 Å². The zero-order valence-corrected chi connectivity index (χ0v) is 18.2. The van der Waals surface area contributed by atoms with Gasteiger partial charge in [-0.1, -0.05) is 35.9 Å². The highest BCUT2D eigenvalue weighted by Crippen LogP contribution is 2.24. The zero-order chi connectivity index (χ0) is 21.8. The van der Waals surface area contributed by atoms with Gasteiger partial charge in [-0.25, -0.2) is 4.98 Å². The van der Waals surface area contributed by atoms with Crippen LogP contribution < -0.4 is 15.5 Å². The molecule has 3 aromatic rings. The monoisotopic (exact) mass is 436 g/mol. The van der Waals surface area contributed by atoms with Crippen LogP contribution in [0.2, 0.25) is 5.15 Å². The van der Waals surface area contributed by atoms with Crippen molar-refractivity contribution in [3.63, 3.8) is 0 Å². The number of benzene rings is 2. The molecule has 1 unspecified atom stereocenters. The Morgan fingerprint density at radius 2 is 1.87 bits per heavy atom. The van der Waals surface area contributed by atoms with E-state index in [2.05, 4.69) is 26.6 Å². The molecule has 0 aliphatic carbocycles. The van der Waals surface area contributed by atoms with Gasteiger partial charge in [0.2, 0.25) is 5.91 Å². The first kappa shape index (κ1) is 21.1. The van der Waals surface area contributed by atoms with Crippen LogP contribution in [0, 0.1) is 0 Å². The van der Waals surface area contributed by atoms with E-state index >= 15 is 0 Å². The fraction of sp³-hybridized carbons (Fsp3) is 0.292. The van der Waals surface area contributed by atoms with Gasteiger partial charge in [0.1, 0.15) is 5.15 Å². The lowest BCUT2D eigenvalue weighted by atomic mass is 10.1. The van der Waals surface area contributed by atoms with Crippen molar-refractivity contribution in [3.05, 3.63) is 65.3 Å². The van der Waals surface area contributed by atoms with E-state index in [1.165, 1.54) is 12.8 Å². The van der Waals surface area contributed by atoms with E-state index in [9.17, 15) is 9.59 Å². The maximum Gasteiger partial charge on any atom is 0.252 e. The van der Waals surface area contributed by atoms with Gasteiger partial charge < -0.3 is 15.5 Å². The fourth-order valence-corrected chi connectivity index (χ4v) is 4.13. The summed E-state index contributed by atoms with van der Waals surface area (Å²) in [6.07, 6.45) is 2.56. The quantitative estimate of drug-likeness (QED) is 0.552. The van der Waals surface area contributed by atoms with E-state index in [0.717, 1.165) is 29.9 Å². The van der Waals surface area contributed by atoms with Crippen LogP contribution in [0.1, 0.15) is 36.5 Å². The Hall–Kier alpha value is -3.12. The van der Waals surface area contributed by atoms with E-state index in [1.54, 1.807) is 6.07 Å². The topological polar surface area (TPSA) is 74.3 Å². The van der Waals surface area contributed by atoms with Crippen LogP contribution in [0.5, 0.6) is 0 Å². The van der Waals surface area contributed by atoms with Crippen molar-refractivity contribution in [2.75, 3.05) is 23.3 Å². The first-order chi connectivity index (χ1) is 15.0. The highest BCUT2D eigenvalue weighted by Gasteiger charge is 2.17. The third-order valence-electron chi connectivity index (χ3n) is 5.40. The maximum atomic E-state index is 12.8. The lowest BCUT2D eigenvalue weighted by molar-refractivity contribution is -0.116. The number of amides is 2. The van der Waals surface area contributed by atoms with Crippen LogP contribution in [0.25, 0.3) is 10.9 Å². The van der Waals surface area contributed by atoms with Crippen LogP contribution in [0.3, 0.4) is 0 Å².